The van der Waals surface area contributed by atoms with Crippen molar-refractivity contribution in [3.8, 4) is 6.07 Å². The predicted molar refractivity (Wildman–Crippen MR) is 51.3 cm³/mol. The molecule has 13 heavy (non-hydrogen) atoms. The Bertz CT molecular complexity index is 319. The lowest BCUT2D eigenvalue weighted by atomic mass is 10.3. The summed E-state index contributed by atoms with van der Waals surface area (Å²) in [6, 6.07) is 2.11. The second-order valence-electron chi connectivity index (χ2n) is 3.26. The smallest absolute Gasteiger partial charge is 0.119 e. The van der Waals surface area contributed by atoms with Gasteiger partial charge in [-0.05, 0) is 20.3 Å². The second-order valence-corrected chi connectivity index (χ2v) is 3.26. The number of hydrogen-bond donors (Lipinski definition) is 0. The number of aryl methyl sites for hydroxylation is 2. The van der Waals surface area contributed by atoms with Crippen LogP contribution in [-0.4, -0.2) is 9.55 Å². The van der Waals surface area contributed by atoms with E-state index in [1.165, 1.54) is 0 Å². The lowest BCUT2D eigenvalue weighted by Gasteiger charge is -2.07. The summed E-state index contributed by atoms with van der Waals surface area (Å²) < 4.78 is 1.96. The van der Waals surface area contributed by atoms with E-state index >= 15 is 0 Å². The molecule has 0 aliphatic carbocycles. The molecular weight excluding hydrogens is 162 g/mol. The minimum Gasteiger partial charge on any atom is -0.318 e. The zero-order valence-corrected chi connectivity index (χ0v) is 8.41. The first-order chi connectivity index (χ1) is 6.19. The fourth-order valence-electron chi connectivity index (χ4n) is 1.37. The third kappa shape index (κ3) is 2.09. The molecule has 1 aromatic heterocycles. The van der Waals surface area contributed by atoms with E-state index in [2.05, 4.69) is 18.0 Å². The van der Waals surface area contributed by atoms with E-state index in [0.717, 1.165) is 24.4 Å². The molecule has 0 bridgehead atoms. The average Bonchev–Trinajstić information content (AvgIpc) is 2.46. The molecule has 1 heterocycles. The monoisotopic (exact) mass is 177 g/mol. The van der Waals surface area contributed by atoms with Crippen LogP contribution in [0.25, 0.3) is 0 Å². The van der Waals surface area contributed by atoms with Gasteiger partial charge in [-0.2, -0.15) is 5.26 Å². The topological polar surface area (TPSA) is 41.6 Å². The lowest BCUT2D eigenvalue weighted by molar-refractivity contribution is 0.622. The van der Waals surface area contributed by atoms with Gasteiger partial charge in [0.25, 0.3) is 0 Å². The maximum atomic E-state index is 8.79. The van der Waals surface area contributed by atoms with Gasteiger partial charge in [0.2, 0.25) is 0 Å². The zero-order chi connectivity index (χ0) is 9.84. The fourth-order valence-corrected chi connectivity index (χ4v) is 1.37. The first kappa shape index (κ1) is 9.79. The molecule has 0 aliphatic heterocycles. The Balaban J connectivity index is 2.98. The Hall–Kier alpha value is -1.30. The quantitative estimate of drug-likeness (QED) is 0.710. The van der Waals surface area contributed by atoms with Gasteiger partial charge >= 0.3 is 0 Å². The molecule has 1 rings (SSSR count). The highest BCUT2D eigenvalue weighted by Gasteiger charge is 2.09. The lowest BCUT2D eigenvalue weighted by Crippen LogP contribution is -2.06. The molecule has 0 N–H and O–H groups in total. The van der Waals surface area contributed by atoms with Gasteiger partial charge in [0.15, 0.2) is 0 Å². The molecule has 0 spiro atoms. The Labute approximate surface area is 79.0 Å². The number of aromatic nitrogens is 2. The van der Waals surface area contributed by atoms with E-state index in [-0.39, 0.29) is 6.04 Å². The maximum absolute atomic E-state index is 8.79. The summed E-state index contributed by atoms with van der Waals surface area (Å²) in [6.45, 7) is 5.96. The maximum Gasteiger partial charge on any atom is 0.119 e. The molecule has 1 aromatic rings. The number of imidazole rings is 1. The van der Waals surface area contributed by atoms with Gasteiger partial charge in [-0.25, -0.2) is 4.98 Å². The third-order valence-corrected chi connectivity index (χ3v) is 2.01. The van der Waals surface area contributed by atoms with Gasteiger partial charge in [0, 0.05) is 12.6 Å². The van der Waals surface area contributed by atoms with Crippen molar-refractivity contribution in [3.63, 3.8) is 0 Å². The van der Waals surface area contributed by atoms with Gasteiger partial charge < -0.3 is 4.57 Å². The Kier molecular flexibility index (Phi) is 3.07. The van der Waals surface area contributed by atoms with Crippen molar-refractivity contribution >= 4 is 0 Å². The van der Waals surface area contributed by atoms with Crippen molar-refractivity contribution in [2.24, 2.45) is 0 Å². The largest absolute Gasteiger partial charge is 0.318 e. The van der Waals surface area contributed by atoms with Gasteiger partial charge in [0.1, 0.15) is 11.9 Å². The molecule has 0 aliphatic rings. The van der Waals surface area contributed by atoms with Crippen molar-refractivity contribution < 1.29 is 0 Å². The van der Waals surface area contributed by atoms with Crippen LogP contribution < -0.4 is 0 Å². The van der Waals surface area contributed by atoms with Crippen LogP contribution in [0.1, 0.15) is 37.8 Å². The number of rotatable bonds is 3. The van der Waals surface area contributed by atoms with Gasteiger partial charge in [-0.15, -0.1) is 0 Å². The highest BCUT2D eigenvalue weighted by molar-refractivity contribution is 5.06. The van der Waals surface area contributed by atoms with Crippen molar-refractivity contribution in [1.82, 2.24) is 9.55 Å². The van der Waals surface area contributed by atoms with Crippen molar-refractivity contribution in [2.75, 3.05) is 0 Å². The fraction of sp³-hybridized carbons (Fsp3) is 0.600. The molecular formula is C10H15N3. The van der Waals surface area contributed by atoms with Crippen LogP contribution in [0, 0.1) is 18.3 Å². The Morgan fingerprint density at radius 1 is 1.69 bits per heavy atom. The van der Waals surface area contributed by atoms with Crippen molar-refractivity contribution in [2.45, 2.75) is 39.7 Å². The highest BCUT2D eigenvalue weighted by Crippen LogP contribution is 2.12. The van der Waals surface area contributed by atoms with Crippen LogP contribution in [-0.2, 0) is 6.42 Å². The van der Waals surface area contributed by atoms with Crippen LogP contribution in [0.5, 0.6) is 0 Å². The molecule has 0 fully saturated rings. The van der Waals surface area contributed by atoms with E-state index in [4.69, 9.17) is 5.26 Å². The third-order valence-electron chi connectivity index (χ3n) is 2.01. The molecule has 3 nitrogen and oxygen atoms in total. The summed E-state index contributed by atoms with van der Waals surface area (Å²) in [5.41, 5.74) is 0.991. The number of nitrogens with zero attached hydrogens (tertiary/aromatic N) is 3. The highest BCUT2D eigenvalue weighted by atomic mass is 15.1. The molecule has 1 atom stereocenters. The van der Waals surface area contributed by atoms with Crippen LogP contribution in [0.15, 0.2) is 6.20 Å². The summed E-state index contributed by atoms with van der Waals surface area (Å²) in [4.78, 5) is 4.38. The van der Waals surface area contributed by atoms with E-state index < -0.39 is 0 Å². The molecule has 0 saturated heterocycles. The minimum absolute atomic E-state index is 0.109. The SMILES string of the molecule is CCCc1nc(C)cn1C(C)C#N. The Morgan fingerprint density at radius 3 is 2.92 bits per heavy atom. The van der Waals surface area contributed by atoms with Gasteiger partial charge in [0.05, 0.1) is 11.8 Å². The first-order valence-electron chi connectivity index (χ1n) is 4.63. The van der Waals surface area contributed by atoms with Crippen molar-refractivity contribution in [1.29, 1.82) is 5.26 Å². The summed E-state index contributed by atoms with van der Waals surface area (Å²) >= 11 is 0. The number of nitriles is 1. The Morgan fingerprint density at radius 2 is 2.38 bits per heavy atom. The van der Waals surface area contributed by atoms with E-state index in [0.29, 0.717) is 0 Å². The van der Waals surface area contributed by atoms with E-state index in [1.807, 2.05) is 24.6 Å². The van der Waals surface area contributed by atoms with Crippen LogP contribution >= 0.6 is 0 Å². The molecule has 0 saturated carbocycles. The summed E-state index contributed by atoms with van der Waals surface area (Å²) in [6.07, 6.45) is 3.95. The summed E-state index contributed by atoms with van der Waals surface area (Å²) in [5, 5.41) is 8.79. The zero-order valence-electron chi connectivity index (χ0n) is 8.41. The van der Waals surface area contributed by atoms with Gasteiger partial charge in [-0.3, -0.25) is 0 Å². The molecule has 0 aromatic carbocycles. The van der Waals surface area contributed by atoms with Crippen molar-refractivity contribution in [3.05, 3.63) is 17.7 Å². The van der Waals surface area contributed by atoms with Crippen LogP contribution in [0.3, 0.4) is 0 Å². The molecule has 0 radical (unpaired) electrons. The second kappa shape index (κ2) is 4.08. The summed E-state index contributed by atoms with van der Waals surface area (Å²) in [5.74, 6) is 1.02. The molecule has 1 unspecified atom stereocenters. The van der Waals surface area contributed by atoms with Gasteiger partial charge in [-0.1, -0.05) is 6.92 Å². The van der Waals surface area contributed by atoms with E-state index in [1.54, 1.807) is 0 Å². The molecule has 3 heteroatoms. The standard InChI is InChI=1S/C10H15N3/c1-4-5-10-12-8(2)7-13(10)9(3)6-11/h7,9H,4-5H2,1-3H3. The molecule has 70 valence electrons. The number of hydrogen-bond acceptors (Lipinski definition) is 2. The minimum atomic E-state index is -0.109. The summed E-state index contributed by atoms with van der Waals surface area (Å²) in [7, 11) is 0. The first-order valence-corrected chi connectivity index (χ1v) is 4.63. The van der Waals surface area contributed by atoms with Crippen LogP contribution in [0.4, 0.5) is 0 Å². The average molecular weight is 177 g/mol. The normalized spacial score (nSPS) is 12.5. The predicted octanol–water partition coefficient (Wildman–Crippen LogP) is 2.23. The van der Waals surface area contributed by atoms with E-state index in [9.17, 15) is 0 Å². The molecule has 0 amide bonds. The van der Waals surface area contributed by atoms with Crippen LogP contribution in [0.2, 0.25) is 0 Å².